The van der Waals surface area contributed by atoms with Crippen LogP contribution in [0.15, 0.2) is 5.57 Å². The van der Waals surface area contributed by atoms with Gasteiger partial charge in [0.2, 0.25) is 17.4 Å². The van der Waals surface area contributed by atoms with Gasteiger partial charge in [0.15, 0.2) is 11.6 Å². The van der Waals surface area contributed by atoms with Crippen LogP contribution in [0, 0.1) is 28.7 Å². The van der Waals surface area contributed by atoms with Gasteiger partial charge in [-0.15, -0.1) is 0 Å². The largest absolute Gasteiger partial charge is 0.420 e. The zero-order valence-corrected chi connectivity index (χ0v) is 13.3. The third-order valence-corrected chi connectivity index (χ3v) is 3.16. The molecule has 0 aromatic heterocycles. The molecule has 22 heavy (non-hydrogen) atoms. The summed E-state index contributed by atoms with van der Waals surface area (Å²) in [4.78, 5) is 11.7. The lowest BCUT2D eigenvalue weighted by Crippen LogP contribution is -2.27. The van der Waals surface area contributed by atoms with E-state index in [0.717, 1.165) is 0 Å². The van der Waals surface area contributed by atoms with E-state index in [1.54, 1.807) is 13.8 Å². The van der Waals surface area contributed by atoms with Crippen molar-refractivity contribution in [2.24, 2.45) is 5.41 Å². The average Bonchev–Trinajstić information content (AvgIpc) is 2.40. The topological polar surface area (TPSA) is 26.3 Å². The Hall–Kier alpha value is -1.85. The van der Waals surface area contributed by atoms with Crippen LogP contribution in [0.25, 0.3) is 5.57 Å². The van der Waals surface area contributed by atoms with Gasteiger partial charge in [-0.25, -0.2) is 8.78 Å². The predicted octanol–water partition coefficient (Wildman–Crippen LogP) is 5.01. The molecule has 122 valence electrons. The van der Waals surface area contributed by atoms with Gasteiger partial charge in [0, 0.05) is 0 Å². The summed E-state index contributed by atoms with van der Waals surface area (Å²) in [7, 11) is 0. The fourth-order valence-corrected chi connectivity index (χ4v) is 1.53. The van der Waals surface area contributed by atoms with E-state index in [1.807, 2.05) is 0 Å². The molecule has 2 nitrogen and oxygen atoms in total. The van der Waals surface area contributed by atoms with Gasteiger partial charge >= 0.3 is 5.97 Å². The average molecular weight is 318 g/mol. The molecule has 0 N–H and O–H groups in total. The maximum Gasteiger partial charge on any atom is 0.316 e. The molecular weight excluding hydrogens is 300 g/mol. The predicted molar refractivity (Wildman–Crippen MR) is 75.3 cm³/mol. The minimum atomic E-state index is -1.73. The number of rotatable bonds is 2. The second-order valence-corrected chi connectivity index (χ2v) is 6.22. The van der Waals surface area contributed by atoms with E-state index in [-0.39, 0.29) is 5.57 Å². The van der Waals surface area contributed by atoms with Gasteiger partial charge in [-0.05, 0) is 47.1 Å². The van der Waals surface area contributed by atoms with Crippen LogP contribution in [0.4, 0.5) is 17.6 Å². The summed E-state index contributed by atoms with van der Waals surface area (Å²) in [5.74, 6) is -9.00. The van der Waals surface area contributed by atoms with Gasteiger partial charge in [0.1, 0.15) is 0 Å². The van der Waals surface area contributed by atoms with Crippen molar-refractivity contribution in [2.75, 3.05) is 0 Å². The van der Waals surface area contributed by atoms with Crippen molar-refractivity contribution in [2.45, 2.75) is 41.5 Å². The number of carbonyl (C=O) groups is 1. The Morgan fingerprint density at radius 2 is 1.27 bits per heavy atom. The highest BCUT2D eigenvalue weighted by molar-refractivity contribution is 5.78. The van der Waals surface area contributed by atoms with Crippen molar-refractivity contribution < 1.29 is 27.1 Å². The van der Waals surface area contributed by atoms with Gasteiger partial charge in [0.25, 0.3) is 0 Å². The summed E-state index contributed by atoms with van der Waals surface area (Å²) >= 11 is 0. The Morgan fingerprint density at radius 3 is 1.59 bits per heavy atom. The van der Waals surface area contributed by atoms with Crippen molar-refractivity contribution in [1.29, 1.82) is 0 Å². The van der Waals surface area contributed by atoms with Gasteiger partial charge in [-0.3, -0.25) is 4.79 Å². The highest BCUT2D eigenvalue weighted by Gasteiger charge is 2.32. The van der Waals surface area contributed by atoms with E-state index < -0.39 is 46.0 Å². The van der Waals surface area contributed by atoms with E-state index in [2.05, 4.69) is 4.74 Å². The first-order chi connectivity index (χ1) is 9.89. The van der Waals surface area contributed by atoms with Crippen LogP contribution >= 0.6 is 0 Å². The third kappa shape index (κ3) is 3.31. The van der Waals surface area contributed by atoms with Crippen LogP contribution in [0.1, 0.15) is 47.1 Å². The first-order valence-electron chi connectivity index (χ1n) is 6.62. The molecule has 6 heteroatoms. The monoisotopic (exact) mass is 318 g/mol. The lowest BCUT2D eigenvalue weighted by Gasteiger charge is -2.18. The maximum absolute atomic E-state index is 14.1. The lowest BCUT2D eigenvalue weighted by atomic mass is 9.97. The van der Waals surface area contributed by atoms with Crippen LogP contribution in [-0.2, 0) is 4.79 Å². The number of ether oxygens (including phenoxy) is 1. The number of hydrogen-bond acceptors (Lipinski definition) is 2. The van der Waals surface area contributed by atoms with E-state index in [9.17, 15) is 22.4 Å². The molecule has 0 fully saturated rings. The van der Waals surface area contributed by atoms with Crippen LogP contribution in [0.2, 0.25) is 0 Å². The SMILES string of the molecule is CC(C)=C(C)c1c(F)c(F)c(OC(=O)C(C)(C)C)c(F)c1F. The molecule has 0 spiro atoms. The summed E-state index contributed by atoms with van der Waals surface area (Å²) in [5, 5.41) is 0. The highest BCUT2D eigenvalue weighted by Crippen LogP contribution is 2.35. The van der Waals surface area contributed by atoms with Crippen LogP contribution in [0.3, 0.4) is 0 Å². The Labute approximate surface area is 126 Å². The van der Waals surface area contributed by atoms with Crippen LogP contribution in [0.5, 0.6) is 5.75 Å². The van der Waals surface area contributed by atoms with Crippen molar-refractivity contribution in [3.8, 4) is 5.75 Å². The molecular formula is C16H18F4O2. The number of esters is 1. The fourth-order valence-electron chi connectivity index (χ4n) is 1.53. The minimum Gasteiger partial charge on any atom is -0.420 e. The number of benzene rings is 1. The number of halogens is 4. The first-order valence-corrected chi connectivity index (χ1v) is 6.62. The number of carbonyl (C=O) groups excluding carboxylic acids is 1. The molecule has 1 aromatic rings. The Kier molecular flexibility index (Phi) is 5.05. The zero-order valence-electron chi connectivity index (χ0n) is 13.3. The Bertz CT molecular complexity index is 622. The maximum atomic E-state index is 14.1. The Morgan fingerprint density at radius 1 is 0.864 bits per heavy atom. The molecule has 0 radical (unpaired) electrons. The number of allylic oxidation sites excluding steroid dienone is 2. The van der Waals surface area contributed by atoms with Gasteiger partial charge in [0.05, 0.1) is 11.0 Å². The van der Waals surface area contributed by atoms with Crippen molar-refractivity contribution in [3.05, 3.63) is 34.4 Å². The quantitative estimate of drug-likeness (QED) is 0.332. The zero-order chi connectivity index (χ0) is 17.4. The smallest absolute Gasteiger partial charge is 0.316 e. The van der Waals surface area contributed by atoms with E-state index in [4.69, 9.17) is 0 Å². The molecule has 0 aliphatic rings. The molecule has 0 heterocycles. The van der Waals surface area contributed by atoms with Crippen LogP contribution < -0.4 is 4.74 Å². The summed E-state index contributed by atoms with van der Waals surface area (Å²) in [6, 6.07) is 0. The summed E-state index contributed by atoms with van der Waals surface area (Å²) in [6.07, 6.45) is 0. The van der Waals surface area contributed by atoms with E-state index >= 15 is 0 Å². The fraction of sp³-hybridized carbons (Fsp3) is 0.438. The van der Waals surface area contributed by atoms with E-state index in [0.29, 0.717) is 5.57 Å². The molecule has 1 rings (SSSR count). The van der Waals surface area contributed by atoms with Gasteiger partial charge < -0.3 is 4.74 Å². The summed E-state index contributed by atoms with van der Waals surface area (Å²) in [6.45, 7) is 8.78. The second-order valence-electron chi connectivity index (χ2n) is 6.22. The molecule has 0 unspecified atom stereocenters. The molecule has 0 saturated carbocycles. The molecule has 1 aromatic carbocycles. The second kappa shape index (κ2) is 6.10. The molecule has 0 bridgehead atoms. The summed E-state index contributed by atoms with van der Waals surface area (Å²) in [5.41, 5.74) is -1.32. The minimum absolute atomic E-state index is 0.0708. The number of hydrogen-bond donors (Lipinski definition) is 0. The van der Waals surface area contributed by atoms with E-state index in [1.165, 1.54) is 27.7 Å². The standard InChI is InChI=1S/C16H18F4O2/c1-7(2)8(3)9-10(17)12(19)14(13(20)11(9)18)22-15(21)16(4,5)6/h1-6H3. The molecule has 0 amide bonds. The third-order valence-electron chi connectivity index (χ3n) is 3.16. The van der Waals surface area contributed by atoms with Crippen molar-refractivity contribution >= 4 is 11.5 Å². The first kappa shape index (κ1) is 18.2. The molecule has 0 saturated heterocycles. The van der Waals surface area contributed by atoms with Crippen LogP contribution in [-0.4, -0.2) is 5.97 Å². The Balaban J connectivity index is 3.55. The lowest BCUT2D eigenvalue weighted by molar-refractivity contribution is -0.143. The summed E-state index contributed by atoms with van der Waals surface area (Å²) < 4.78 is 60.6. The molecule has 0 aliphatic carbocycles. The van der Waals surface area contributed by atoms with Gasteiger partial charge in [-0.1, -0.05) is 5.57 Å². The molecule has 0 atom stereocenters. The van der Waals surface area contributed by atoms with Crippen molar-refractivity contribution in [1.82, 2.24) is 0 Å². The van der Waals surface area contributed by atoms with Crippen molar-refractivity contribution in [3.63, 3.8) is 0 Å². The highest BCUT2D eigenvalue weighted by atomic mass is 19.2. The molecule has 0 aliphatic heterocycles. The normalized spacial score (nSPS) is 11.4. The van der Waals surface area contributed by atoms with Gasteiger partial charge in [-0.2, -0.15) is 8.78 Å².